The van der Waals surface area contributed by atoms with E-state index in [2.05, 4.69) is 10.4 Å². The van der Waals surface area contributed by atoms with Crippen LogP contribution in [0, 0.1) is 0 Å². The molecule has 0 radical (unpaired) electrons. The van der Waals surface area contributed by atoms with E-state index in [1.54, 1.807) is 10.7 Å². The molecule has 1 fully saturated rings. The monoisotopic (exact) mass is 315 g/mol. The number of urea groups is 1. The number of amides is 4. The van der Waals surface area contributed by atoms with Crippen LogP contribution in [0.15, 0.2) is 30.6 Å². The maximum atomic E-state index is 12.1. The van der Waals surface area contributed by atoms with Gasteiger partial charge in [0, 0.05) is 32.4 Å². The van der Waals surface area contributed by atoms with Gasteiger partial charge in [0.2, 0.25) is 5.91 Å². The molecular weight excluding hydrogens is 298 g/mol. The van der Waals surface area contributed by atoms with Gasteiger partial charge in [-0.25, -0.2) is 9.31 Å². The van der Waals surface area contributed by atoms with Gasteiger partial charge in [-0.05, 0) is 12.1 Å². The summed E-state index contributed by atoms with van der Waals surface area (Å²) in [6, 6.07) is 4.55. The van der Waals surface area contributed by atoms with Crippen LogP contribution in [0.2, 0.25) is 0 Å². The molecule has 3 heterocycles. The Balaban J connectivity index is 1.62. The Kier molecular flexibility index (Phi) is 3.73. The summed E-state index contributed by atoms with van der Waals surface area (Å²) >= 11 is 0. The molecule has 8 heteroatoms. The molecule has 120 valence electrons. The third kappa shape index (κ3) is 2.63. The van der Waals surface area contributed by atoms with Crippen molar-refractivity contribution in [3.63, 3.8) is 0 Å². The lowest BCUT2D eigenvalue weighted by molar-refractivity contribution is -0.131. The van der Waals surface area contributed by atoms with Crippen molar-refractivity contribution in [2.75, 3.05) is 14.1 Å². The fourth-order valence-corrected chi connectivity index (χ4v) is 2.64. The van der Waals surface area contributed by atoms with Crippen LogP contribution in [-0.4, -0.2) is 57.4 Å². The van der Waals surface area contributed by atoms with Crippen LogP contribution in [0.4, 0.5) is 4.79 Å². The average molecular weight is 315 g/mol. The Bertz CT molecular complexity index is 784. The minimum Gasteiger partial charge on any atom is -0.352 e. The van der Waals surface area contributed by atoms with Crippen molar-refractivity contribution in [2.45, 2.75) is 19.0 Å². The molecule has 0 unspecified atom stereocenters. The van der Waals surface area contributed by atoms with E-state index in [-0.39, 0.29) is 18.2 Å². The zero-order chi connectivity index (χ0) is 16.6. The average Bonchev–Trinajstić information content (AvgIpc) is 3.04. The topological polar surface area (TPSA) is 87.0 Å². The molecule has 2 aromatic rings. The van der Waals surface area contributed by atoms with Crippen LogP contribution in [0.25, 0.3) is 5.52 Å². The highest BCUT2D eigenvalue weighted by atomic mass is 16.2. The summed E-state index contributed by atoms with van der Waals surface area (Å²) in [5, 5.41) is 6.97. The standard InChI is InChI=1S/C15H17N5O3/c1-18-12(14(22)19(2)15(18)23)7-13(21)16-8-10-9-17-20-6-4-3-5-11(10)20/h3-6,9,12H,7-8H2,1-2H3,(H,16,21)/t12-/m0/s1. The SMILES string of the molecule is CN1C(=O)[C@H](CC(=O)NCc2cnn3ccccc23)N(C)C1=O. The second kappa shape index (κ2) is 5.71. The van der Waals surface area contributed by atoms with E-state index in [0.29, 0.717) is 6.54 Å². The van der Waals surface area contributed by atoms with Crippen LogP contribution in [0.1, 0.15) is 12.0 Å². The first-order chi connectivity index (χ1) is 11.0. The number of likely N-dealkylation sites (N-methyl/N-ethyl adjacent to an activating group) is 2. The molecule has 2 aromatic heterocycles. The summed E-state index contributed by atoms with van der Waals surface area (Å²) in [4.78, 5) is 38.0. The van der Waals surface area contributed by atoms with Crippen molar-refractivity contribution >= 4 is 23.4 Å². The molecular formula is C15H17N5O3. The smallest absolute Gasteiger partial charge is 0.326 e. The lowest BCUT2D eigenvalue weighted by Gasteiger charge is -2.15. The Labute approximate surface area is 132 Å². The van der Waals surface area contributed by atoms with Gasteiger partial charge >= 0.3 is 6.03 Å². The lowest BCUT2D eigenvalue weighted by Crippen LogP contribution is -2.37. The van der Waals surface area contributed by atoms with Gasteiger partial charge in [-0.2, -0.15) is 5.10 Å². The third-order valence-electron chi connectivity index (χ3n) is 4.03. The van der Waals surface area contributed by atoms with Crippen LogP contribution in [-0.2, 0) is 16.1 Å². The number of hydrogen-bond acceptors (Lipinski definition) is 4. The van der Waals surface area contributed by atoms with Crippen molar-refractivity contribution in [3.8, 4) is 0 Å². The van der Waals surface area contributed by atoms with Crippen LogP contribution >= 0.6 is 0 Å². The number of nitrogens with zero attached hydrogens (tertiary/aromatic N) is 4. The molecule has 1 atom stereocenters. The first-order valence-electron chi connectivity index (χ1n) is 7.21. The molecule has 4 amide bonds. The van der Waals surface area contributed by atoms with Crippen molar-refractivity contribution in [2.24, 2.45) is 0 Å². The van der Waals surface area contributed by atoms with Gasteiger partial charge in [0.1, 0.15) is 6.04 Å². The van der Waals surface area contributed by atoms with Gasteiger partial charge in [-0.3, -0.25) is 14.5 Å². The third-order valence-corrected chi connectivity index (χ3v) is 4.03. The fraction of sp³-hybridized carbons (Fsp3) is 0.333. The maximum Gasteiger partial charge on any atom is 0.326 e. The predicted molar refractivity (Wildman–Crippen MR) is 81.4 cm³/mol. The number of rotatable bonds is 4. The molecule has 0 spiro atoms. The summed E-state index contributed by atoms with van der Waals surface area (Å²) in [6.45, 7) is 0.320. The van der Waals surface area contributed by atoms with Gasteiger partial charge < -0.3 is 10.2 Å². The van der Waals surface area contributed by atoms with E-state index in [9.17, 15) is 14.4 Å². The highest BCUT2D eigenvalue weighted by molar-refractivity contribution is 6.05. The molecule has 0 aromatic carbocycles. The number of aromatic nitrogens is 2. The van der Waals surface area contributed by atoms with E-state index in [0.717, 1.165) is 16.0 Å². The number of carbonyl (C=O) groups is 3. The van der Waals surface area contributed by atoms with Gasteiger partial charge in [0.05, 0.1) is 18.1 Å². The minimum atomic E-state index is -0.739. The lowest BCUT2D eigenvalue weighted by atomic mass is 10.1. The van der Waals surface area contributed by atoms with Crippen LogP contribution in [0.5, 0.6) is 0 Å². The van der Waals surface area contributed by atoms with E-state index in [1.807, 2.05) is 24.4 Å². The number of pyridine rings is 1. The number of hydrogen-bond donors (Lipinski definition) is 1. The molecule has 1 aliphatic heterocycles. The largest absolute Gasteiger partial charge is 0.352 e. The summed E-state index contributed by atoms with van der Waals surface area (Å²) in [5.74, 6) is -0.641. The van der Waals surface area contributed by atoms with Crippen LogP contribution in [0.3, 0.4) is 0 Å². The highest BCUT2D eigenvalue weighted by Gasteiger charge is 2.41. The number of carbonyl (C=O) groups excluding carboxylic acids is 3. The van der Waals surface area contributed by atoms with E-state index < -0.39 is 12.1 Å². The summed E-state index contributed by atoms with van der Waals surface area (Å²) < 4.78 is 1.73. The Morgan fingerprint density at radius 2 is 2.09 bits per heavy atom. The number of imide groups is 1. The summed E-state index contributed by atoms with van der Waals surface area (Å²) in [6.07, 6.45) is 3.47. The molecule has 0 aliphatic carbocycles. The second-order valence-corrected chi connectivity index (χ2v) is 5.49. The Morgan fingerprint density at radius 1 is 1.30 bits per heavy atom. The van der Waals surface area contributed by atoms with Gasteiger partial charge in [-0.15, -0.1) is 0 Å². The fourth-order valence-electron chi connectivity index (χ4n) is 2.64. The van der Waals surface area contributed by atoms with Crippen molar-refractivity contribution in [1.29, 1.82) is 0 Å². The molecule has 0 bridgehead atoms. The van der Waals surface area contributed by atoms with Gasteiger partial charge in [0.15, 0.2) is 0 Å². The van der Waals surface area contributed by atoms with Crippen molar-refractivity contribution in [3.05, 3.63) is 36.2 Å². The number of fused-ring (bicyclic) bond motifs is 1. The predicted octanol–water partition coefficient (Wildman–Crippen LogP) is 0.233. The van der Waals surface area contributed by atoms with E-state index in [1.165, 1.54) is 19.0 Å². The zero-order valence-electron chi connectivity index (χ0n) is 12.9. The summed E-state index contributed by atoms with van der Waals surface area (Å²) in [5.41, 5.74) is 1.80. The minimum absolute atomic E-state index is 0.0510. The molecule has 3 rings (SSSR count). The van der Waals surface area contributed by atoms with Crippen molar-refractivity contribution in [1.82, 2.24) is 24.7 Å². The maximum absolute atomic E-state index is 12.1. The Hall–Kier alpha value is -2.90. The zero-order valence-corrected chi connectivity index (χ0v) is 12.9. The van der Waals surface area contributed by atoms with E-state index in [4.69, 9.17) is 0 Å². The first kappa shape index (κ1) is 15.0. The normalized spacial score (nSPS) is 18.1. The number of nitrogens with one attached hydrogen (secondary N) is 1. The first-order valence-corrected chi connectivity index (χ1v) is 7.21. The molecule has 0 saturated carbocycles. The second-order valence-electron chi connectivity index (χ2n) is 5.49. The van der Waals surface area contributed by atoms with Crippen LogP contribution < -0.4 is 5.32 Å². The Morgan fingerprint density at radius 3 is 2.78 bits per heavy atom. The summed E-state index contributed by atoms with van der Waals surface area (Å²) in [7, 11) is 2.94. The van der Waals surface area contributed by atoms with Crippen molar-refractivity contribution < 1.29 is 14.4 Å². The molecule has 1 saturated heterocycles. The molecule has 23 heavy (non-hydrogen) atoms. The van der Waals surface area contributed by atoms with Gasteiger partial charge in [-0.1, -0.05) is 6.07 Å². The molecule has 8 nitrogen and oxygen atoms in total. The van der Waals surface area contributed by atoms with Gasteiger partial charge in [0.25, 0.3) is 5.91 Å². The molecule has 1 aliphatic rings. The van der Waals surface area contributed by atoms with E-state index >= 15 is 0 Å². The molecule has 1 N–H and O–H groups in total. The highest BCUT2D eigenvalue weighted by Crippen LogP contribution is 2.16. The quantitative estimate of drug-likeness (QED) is 0.818.